The average Bonchev–Trinajstić information content (AvgIpc) is 1.83. The Morgan fingerprint density at radius 3 is 2.25 bits per heavy atom. The third-order valence-corrected chi connectivity index (χ3v) is 1.04. The van der Waals surface area contributed by atoms with E-state index in [2.05, 4.69) is 0 Å². The fourth-order valence-electron chi connectivity index (χ4n) is 0.606. The fourth-order valence-corrected chi connectivity index (χ4v) is 0.606. The quantitative estimate of drug-likeness (QED) is 0.565. The molecule has 1 atom stereocenters. The molecule has 0 spiro atoms. The maximum Gasteiger partial charge on any atom is 0.326 e. The Labute approximate surface area is 67.6 Å². The molecular formula is C6H8FNO4. The summed E-state index contributed by atoms with van der Waals surface area (Å²) in [6.45, 7) is 1.08. The first kappa shape index (κ1) is 10.5. The van der Waals surface area contributed by atoms with E-state index in [0.29, 0.717) is 0 Å². The predicted octanol–water partition coefficient (Wildman–Crippen LogP) is -0.538. The molecule has 0 aliphatic rings. The first-order valence-electron chi connectivity index (χ1n) is 3.11. The number of carbonyl (C=O) groups excluding carboxylic acids is 2. The van der Waals surface area contributed by atoms with Crippen molar-refractivity contribution >= 4 is 17.9 Å². The molecule has 0 bridgehead atoms. The van der Waals surface area contributed by atoms with E-state index < -0.39 is 30.4 Å². The van der Waals surface area contributed by atoms with Crippen LogP contribution in [0.1, 0.15) is 13.3 Å². The Morgan fingerprint density at radius 1 is 1.50 bits per heavy atom. The van der Waals surface area contributed by atoms with Crippen LogP contribution in [0.3, 0.4) is 0 Å². The molecule has 0 fully saturated rings. The number of amides is 1. The molecule has 0 rings (SSSR count). The van der Waals surface area contributed by atoms with Gasteiger partial charge in [0.05, 0.1) is 6.42 Å². The first-order valence-corrected chi connectivity index (χ1v) is 3.11. The topological polar surface area (TPSA) is 83.5 Å². The van der Waals surface area contributed by atoms with Gasteiger partial charge in [-0.2, -0.15) is 4.39 Å². The Morgan fingerprint density at radius 2 is 2.00 bits per heavy atom. The highest BCUT2D eigenvalue weighted by atomic mass is 19.1. The zero-order valence-electron chi connectivity index (χ0n) is 6.33. The highest BCUT2D eigenvalue weighted by Gasteiger charge is 2.21. The molecule has 6 heteroatoms. The van der Waals surface area contributed by atoms with Gasteiger partial charge in [-0.1, -0.05) is 0 Å². The van der Waals surface area contributed by atoms with Crippen LogP contribution in [0, 0.1) is 0 Å². The summed E-state index contributed by atoms with van der Waals surface area (Å²) in [6, 6.07) is -3.24. The molecule has 0 aromatic heterocycles. The van der Waals surface area contributed by atoms with Gasteiger partial charge >= 0.3 is 12.0 Å². The van der Waals surface area contributed by atoms with Crippen LogP contribution >= 0.6 is 0 Å². The molecule has 0 unspecified atom stereocenters. The first-order chi connectivity index (χ1) is 5.43. The highest BCUT2D eigenvalue weighted by Crippen LogP contribution is 1.94. The zero-order chi connectivity index (χ0) is 9.72. The van der Waals surface area contributed by atoms with Gasteiger partial charge in [0.1, 0.15) is 6.04 Å². The monoisotopic (exact) mass is 177 g/mol. The summed E-state index contributed by atoms with van der Waals surface area (Å²) in [7, 11) is 0. The summed E-state index contributed by atoms with van der Waals surface area (Å²) in [4.78, 5) is 30.4. The van der Waals surface area contributed by atoms with Crippen molar-refractivity contribution in [2.75, 3.05) is 0 Å². The third-order valence-electron chi connectivity index (χ3n) is 1.04. The maximum absolute atomic E-state index is 11.7. The molecule has 1 amide bonds. The molecule has 0 aliphatic heterocycles. The second-order valence-electron chi connectivity index (χ2n) is 2.15. The van der Waals surface area contributed by atoms with Gasteiger partial charge in [0.2, 0.25) is 5.91 Å². The van der Waals surface area contributed by atoms with Crippen LogP contribution in [0.5, 0.6) is 0 Å². The van der Waals surface area contributed by atoms with E-state index in [9.17, 15) is 18.8 Å². The van der Waals surface area contributed by atoms with Crippen LogP contribution in [0.4, 0.5) is 4.39 Å². The van der Waals surface area contributed by atoms with Gasteiger partial charge in [-0.15, -0.1) is 0 Å². The SMILES string of the molecule is CC(=O)N[C@@H](CC(=O)F)C(=O)O. The van der Waals surface area contributed by atoms with Crippen LogP contribution in [-0.4, -0.2) is 29.1 Å². The summed E-state index contributed by atoms with van der Waals surface area (Å²) < 4.78 is 11.7. The molecule has 12 heavy (non-hydrogen) atoms. The molecule has 0 saturated heterocycles. The molecule has 0 aromatic rings. The van der Waals surface area contributed by atoms with Gasteiger partial charge in [-0.25, -0.2) is 4.79 Å². The lowest BCUT2D eigenvalue weighted by molar-refractivity contribution is -0.144. The van der Waals surface area contributed by atoms with Crippen molar-refractivity contribution in [1.82, 2.24) is 5.32 Å². The third kappa shape index (κ3) is 4.37. The zero-order valence-corrected chi connectivity index (χ0v) is 6.33. The number of carbonyl (C=O) groups is 3. The number of carboxylic acids is 1. The van der Waals surface area contributed by atoms with E-state index in [4.69, 9.17) is 5.11 Å². The normalized spacial score (nSPS) is 11.8. The second kappa shape index (κ2) is 4.42. The van der Waals surface area contributed by atoms with Gasteiger partial charge in [0, 0.05) is 6.92 Å². The van der Waals surface area contributed by atoms with E-state index in [1.807, 2.05) is 5.32 Å². The minimum Gasteiger partial charge on any atom is -0.480 e. The fraction of sp³-hybridized carbons (Fsp3) is 0.500. The lowest BCUT2D eigenvalue weighted by Crippen LogP contribution is -2.40. The van der Waals surface area contributed by atoms with Crippen molar-refractivity contribution in [3.8, 4) is 0 Å². The Balaban J connectivity index is 4.14. The number of rotatable bonds is 4. The van der Waals surface area contributed by atoms with Gasteiger partial charge < -0.3 is 10.4 Å². The number of hydrogen-bond acceptors (Lipinski definition) is 3. The Hall–Kier alpha value is -1.46. The summed E-state index contributed by atoms with van der Waals surface area (Å²) in [5.41, 5.74) is 0. The molecule has 0 heterocycles. The largest absolute Gasteiger partial charge is 0.480 e. The minimum atomic E-state index is -1.77. The van der Waals surface area contributed by atoms with E-state index >= 15 is 0 Å². The summed E-state index contributed by atoms with van der Waals surface area (Å²) in [5.74, 6) is -2.06. The van der Waals surface area contributed by atoms with Crippen molar-refractivity contribution in [1.29, 1.82) is 0 Å². The molecular weight excluding hydrogens is 169 g/mol. The van der Waals surface area contributed by atoms with Gasteiger partial charge in [-0.05, 0) is 0 Å². The van der Waals surface area contributed by atoms with E-state index in [1.165, 1.54) is 0 Å². The van der Waals surface area contributed by atoms with Crippen LogP contribution in [0.15, 0.2) is 0 Å². The van der Waals surface area contributed by atoms with Crippen molar-refractivity contribution in [3.63, 3.8) is 0 Å². The van der Waals surface area contributed by atoms with Gasteiger partial charge in [-0.3, -0.25) is 9.59 Å². The van der Waals surface area contributed by atoms with E-state index in [-0.39, 0.29) is 0 Å². The van der Waals surface area contributed by atoms with Crippen LogP contribution < -0.4 is 5.32 Å². The average molecular weight is 177 g/mol. The minimum absolute atomic E-state index is 0.622. The molecule has 68 valence electrons. The van der Waals surface area contributed by atoms with Crippen LogP contribution in [-0.2, 0) is 14.4 Å². The number of halogens is 1. The van der Waals surface area contributed by atoms with Crippen LogP contribution in [0.2, 0.25) is 0 Å². The Kier molecular flexibility index (Phi) is 3.89. The number of nitrogens with one attached hydrogen (secondary N) is 1. The molecule has 2 N–H and O–H groups in total. The summed E-state index contributed by atoms with van der Waals surface area (Å²) >= 11 is 0. The second-order valence-corrected chi connectivity index (χ2v) is 2.15. The van der Waals surface area contributed by atoms with Crippen molar-refractivity contribution in [2.45, 2.75) is 19.4 Å². The number of carboxylic acid groups (broad SMARTS) is 1. The molecule has 0 saturated carbocycles. The van der Waals surface area contributed by atoms with Crippen molar-refractivity contribution in [2.24, 2.45) is 0 Å². The molecule has 5 nitrogen and oxygen atoms in total. The highest BCUT2D eigenvalue weighted by molar-refractivity contribution is 5.85. The van der Waals surface area contributed by atoms with Gasteiger partial charge in [0.15, 0.2) is 0 Å². The summed E-state index contributed by atoms with van der Waals surface area (Å²) in [6.07, 6.45) is -0.838. The molecule has 0 radical (unpaired) electrons. The van der Waals surface area contributed by atoms with E-state index in [1.54, 1.807) is 0 Å². The standard InChI is InChI=1S/C6H8FNO4/c1-3(9)8-4(6(11)12)2-5(7)10/h4H,2H2,1H3,(H,8,9)(H,11,12)/t4-/m0/s1. The van der Waals surface area contributed by atoms with Crippen molar-refractivity contribution < 1.29 is 23.9 Å². The number of aliphatic carboxylic acids is 1. The Bertz CT molecular complexity index is 200. The lowest BCUT2D eigenvalue weighted by atomic mass is 10.2. The lowest BCUT2D eigenvalue weighted by Gasteiger charge is -2.09. The smallest absolute Gasteiger partial charge is 0.326 e. The maximum atomic E-state index is 11.7. The molecule has 0 aromatic carbocycles. The van der Waals surface area contributed by atoms with Gasteiger partial charge in [0.25, 0.3) is 0 Å². The van der Waals surface area contributed by atoms with E-state index in [0.717, 1.165) is 6.92 Å². The van der Waals surface area contributed by atoms with Crippen LogP contribution in [0.25, 0.3) is 0 Å². The summed E-state index contributed by atoms with van der Waals surface area (Å²) in [5, 5.41) is 10.2. The predicted molar refractivity (Wildman–Crippen MR) is 36.0 cm³/mol. The molecule has 0 aliphatic carbocycles. The number of hydrogen-bond donors (Lipinski definition) is 2. The van der Waals surface area contributed by atoms with Crippen molar-refractivity contribution in [3.05, 3.63) is 0 Å².